The molecule has 3 atom stereocenters. The van der Waals surface area contributed by atoms with Gasteiger partial charge in [-0.3, -0.25) is 4.79 Å². The van der Waals surface area contributed by atoms with E-state index in [4.69, 9.17) is 4.74 Å². The van der Waals surface area contributed by atoms with E-state index in [1.54, 1.807) is 6.42 Å². The SMILES string of the molecule is [CH2]CC1C[CH]C(OC)C1C(=O)OC(F)(F)F. The van der Waals surface area contributed by atoms with E-state index in [-0.39, 0.29) is 5.92 Å². The van der Waals surface area contributed by atoms with E-state index < -0.39 is 24.4 Å². The van der Waals surface area contributed by atoms with E-state index >= 15 is 0 Å². The van der Waals surface area contributed by atoms with Gasteiger partial charge in [0.15, 0.2) is 0 Å². The normalized spacial score (nSPS) is 30.4. The third-order valence-electron chi connectivity index (χ3n) is 2.66. The Bertz CT molecular complexity index is 240. The van der Waals surface area contributed by atoms with Gasteiger partial charge in [-0.2, -0.15) is 0 Å². The molecule has 1 aliphatic rings. The Morgan fingerprint density at radius 3 is 2.62 bits per heavy atom. The number of carbonyl (C=O) groups is 1. The number of esters is 1. The molecule has 0 aliphatic heterocycles. The number of carbonyl (C=O) groups excluding carboxylic acids is 1. The first-order valence-electron chi connectivity index (χ1n) is 4.84. The van der Waals surface area contributed by atoms with E-state index in [9.17, 15) is 18.0 Å². The zero-order chi connectivity index (χ0) is 12.3. The lowest BCUT2D eigenvalue weighted by atomic mass is 9.92. The van der Waals surface area contributed by atoms with Gasteiger partial charge in [0.05, 0.1) is 12.0 Å². The van der Waals surface area contributed by atoms with Gasteiger partial charge in [-0.05, 0) is 25.2 Å². The molecule has 0 spiro atoms. The molecule has 0 amide bonds. The fourth-order valence-corrected chi connectivity index (χ4v) is 1.92. The maximum atomic E-state index is 11.9. The van der Waals surface area contributed by atoms with E-state index in [1.807, 2.05) is 0 Å². The lowest BCUT2D eigenvalue weighted by Gasteiger charge is -2.21. The summed E-state index contributed by atoms with van der Waals surface area (Å²) in [5.74, 6) is -2.45. The van der Waals surface area contributed by atoms with Gasteiger partial charge in [0, 0.05) is 7.11 Å². The molecule has 3 unspecified atom stereocenters. The minimum Gasteiger partial charge on any atom is -0.380 e. The van der Waals surface area contributed by atoms with Gasteiger partial charge in [0.1, 0.15) is 0 Å². The minimum atomic E-state index is -4.94. The number of hydrogen-bond donors (Lipinski definition) is 0. The molecule has 0 heterocycles. The Balaban J connectivity index is 2.70. The summed E-state index contributed by atoms with van der Waals surface area (Å²) in [6, 6.07) is 0. The third-order valence-corrected chi connectivity index (χ3v) is 2.66. The molecule has 0 aromatic heterocycles. The molecule has 16 heavy (non-hydrogen) atoms. The first-order chi connectivity index (χ1) is 7.39. The Kier molecular flexibility index (Phi) is 4.18. The topological polar surface area (TPSA) is 35.5 Å². The van der Waals surface area contributed by atoms with Gasteiger partial charge in [0.2, 0.25) is 0 Å². The summed E-state index contributed by atoms with van der Waals surface area (Å²) in [6.45, 7) is 3.60. The average Bonchev–Trinajstić information content (AvgIpc) is 2.57. The van der Waals surface area contributed by atoms with E-state index in [1.165, 1.54) is 7.11 Å². The molecule has 1 saturated carbocycles. The van der Waals surface area contributed by atoms with Crippen LogP contribution in [0.15, 0.2) is 0 Å². The van der Waals surface area contributed by atoms with Crippen molar-refractivity contribution in [2.75, 3.05) is 7.11 Å². The van der Waals surface area contributed by atoms with E-state index in [0.29, 0.717) is 12.8 Å². The number of methoxy groups -OCH3 is 1. The highest BCUT2D eigenvalue weighted by atomic mass is 19.4. The predicted molar refractivity (Wildman–Crippen MR) is 48.8 cm³/mol. The highest BCUT2D eigenvalue weighted by Gasteiger charge is 2.45. The number of ether oxygens (including phenoxy) is 2. The molecule has 0 bridgehead atoms. The second kappa shape index (κ2) is 5.03. The van der Waals surface area contributed by atoms with Gasteiger partial charge >= 0.3 is 12.3 Å². The van der Waals surface area contributed by atoms with Crippen LogP contribution in [-0.4, -0.2) is 25.5 Å². The van der Waals surface area contributed by atoms with Crippen molar-refractivity contribution in [3.8, 4) is 0 Å². The Hall–Kier alpha value is -0.780. The van der Waals surface area contributed by atoms with Gasteiger partial charge in [-0.15, -0.1) is 13.2 Å². The fourth-order valence-electron chi connectivity index (χ4n) is 1.92. The van der Waals surface area contributed by atoms with Crippen molar-refractivity contribution in [2.45, 2.75) is 25.3 Å². The third kappa shape index (κ3) is 3.10. The van der Waals surface area contributed by atoms with Crippen LogP contribution >= 0.6 is 0 Å². The molecular weight excluding hydrogens is 225 g/mol. The summed E-state index contributed by atoms with van der Waals surface area (Å²) < 4.78 is 44.1. The lowest BCUT2D eigenvalue weighted by molar-refractivity contribution is -0.309. The maximum Gasteiger partial charge on any atom is 0.575 e. The highest BCUT2D eigenvalue weighted by molar-refractivity contribution is 5.74. The van der Waals surface area contributed by atoms with Crippen molar-refractivity contribution in [3.63, 3.8) is 0 Å². The maximum absolute atomic E-state index is 11.9. The van der Waals surface area contributed by atoms with Crippen molar-refractivity contribution in [2.24, 2.45) is 11.8 Å². The summed E-state index contributed by atoms with van der Waals surface area (Å²) >= 11 is 0. The van der Waals surface area contributed by atoms with E-state index in [2.05, 4.69) is 11.7 Å². The van der Waals surface area contributed by atoms with Crippen molar-refractivity contribution >= 4 is 5.97 Å². The molecule has 0 aromatic carbocycles. The second-order valence-corrected chi connectivity index (χ2v) is 3.61. The van der Waals surface area contributed by atoms with Gasteiger partial charge < -0.3 is 9.47 Å². The van der Waals surface area contributed by atoms with Crippen LogP contribution in [0.4, 0.5) is 13.2 Å². The monoisotopic (exact) mass is 238 g/mol. The number of halogens is 3. The predicted octanol–water partition coefficient (Wildman–Crippen LogP) is 2.13. The standard InChI is InChI=1S/C10H13F3O3/c1-3-6-4-5-7(15-2)8(6)9(14)16-10(11,12)13/h5-8H,1,3-4H2,2H3. The summed E-state index contributed by atoms with van der Waals surface area (Å²) in [4.78, 5) is 11.3. The molecule has 0 N–H and O–H groups in total. The van der Waals surface area contributed by atoms with Crippen molar-refractivity contribution in [3.05, 3.63) is 13.3 Å². The molecular formula is C10H13F3O3. The smallest absolute Gasteiger partial charge is 0.380 e. The Labute approximate surface area is 91.9 Å². The van der Waals surface area contributed by atoms with Crippen LogP contribution in [0.2, 0.25) is 0 Å². The zero-order valence-electron chi connectivity index (χ0n) is 8.79. The zero-order valence-corrected chi connectivity index (χ0v) is 8.79. The summed E-state index contributed by atoms with van der Waals surface area (Å²) in [7, 11) is 1.35. The molecule has 1 rings (SSSR count). The van der Waals surface area contributed by atoms with Crippen molar-refractivity contribution in [1.29, 1.82) is 0 Å². The number of alkyl halides is 3. The van der Waals surface area contributed by atoms with Crippen LogP contribution in [0.25, 0.3) is 0 Å². The first-order valence-corrected chi connectivity index (χ1v) is 4.84. The average molecular weight is 238 g/mol. The van der Waals surface area contributed by atoms with E-state index in [0.717, 1.165) is 0 Å². The minimum absolute atomic E-state index is 0.250. The molecule has 0 saturated heterocycles. The van der Waals surface area contributed by atoms with Crippen molar-refractivity contribution < 1.29 is 27.4 Å². The first kappa shape index (κ1) is 13.3. The van der Waals surface area contributed by atoms with Crippen LogP contribution in [0, 0.1) is 25.2 Å². The quantitative estimate of drug-likeness (QED) is 0.706. The summed E-state index contributed by atoms with van der Waals surface area (Å²) in [6.07, 6.45) is -3.00. The van der Waals surface area contributed by atoms with Crippen LogP contribution in [0.3, 0.4) is 0 Å². The lowest BCUT2D eigenvalue weighted by Crippen LogP contribution is -2.34. The Morgan fingerprint density at radius 1 is 1.56 bits per heavy atom. The molecule has 1 aliphatic carbocycles. The fraction of sp³-hybridized carbons (Fsp3) is 0.700. The summed E-state index contributed by atoms with van der Waals surface area (Å²) in [5.41, 5.74) is 0. The van der Waals surface area contributed by atoms with Gasteiger partial charge in [0.25, 0.3) is 0 Å². The Morgan fingerprint density at radius 2 is 2.19 bits per heavy atom. The second-order valence-electron chi connectivity index (χ2n) is 3.61. The molecule has 6 heteroatoms. The molecule has 0 aromatic rings. The van der Waals surface area contributed by atoms with Crippen LogP contribution in [-0.2, 0) is 14.3 Å². The van der Waals surface area contributed by atoms with Gasteiger partial charge in [-0.1, -0.05) is 6.92 Å². The largest absolute Gasteiger partial charge is 0.575 e. The number of hydrogen-bond acceptors (Lipinski definition) is 3. The van der Waals surface area contributed by atoms with Crippen LogP contribution < -0.4 is 0 Å². The summed E-state index contributed by atoms with van der Waals surface area (Å²) in [5, 5.41) is 0. The molecule has 2 radical (unpaired) electrons. The van der Waals surface area contributed by atoms with Crippen LogP contribution in [0.5, 0.6) is 0 Å². The molecule has 1 fully saturated rings. The van der Waals surface area contributed by atoms with Crippen molar-refractivity contribution in [1.82, 2.24) is 0 Å². The number of rotatable bonds is 3. The van der Waals surface area contributed by atoms with Gasteiger partial charge in [-0.25, -0.2) is 0 Å². The highest BCUT2D eigenvalue weighted by Crippen LogP contribution is 2.37. The van der Waals surface area contributed by atoms with Crippen LogP contribution in [0.1, 0.15) is 12.8 Å². The molecule has 92 valence electrons. The molecule has 3 nitrogen and oxygen atoms in total.